The van der Waals surface area contributed by atoms with Crippen molar-refractivity contribution in [2.75, 3.05) is 11.4 Å². The summed E-state index contributed by atoms with van der Waals surface area (Å²) in [5.41, 5.74) is 1.18. The predicted molar refractivity (Wildman–Crippen MR) is 145 cm³/mol. The molecule has 0 saturated carbocycles. The summed E-state index contributed by atoms with van der Waals surface area (Å²) in [6.07, 6.45) is -1.49. The lowest BCUT2D eigenvalue weighted by Gasteiger charge is -2.25. The van der Waals surface area contributed by atoms with E-state index in [2.05, 4.69) is 16.5 Å². The van der Waals surface area contributed by atoms with Gasteiger partial charge in [-0.25, -0.2) is 22.7 Å². The number of benzene rings is 2. The number of hydrogen-bond donors (Lipinski definition) is 0. The zero-order chi connectivity index (χ0) is 29.1. The molecule has 2 aromatic carbocycles. The number of pyridine rings is 2. The van der Waals surface area contributed by atoms with Gasteiger partial charge in [0.2, 0.25) is 5.88 Å². The van der Waals surface area contributed by atoms with Crippen LogP contribution in [0.4, 0.5) is 19.0 Å². The highest BCUT2D eigenvalue weighted by Gasteiger charge is 2.34. The highest BCUT2D eigenvalue weighted by Crippen LogP contribution is 2.36. The van der Waals surface area contributed by atoms with Crippen LogP contribution < -0.4 is 9.04 Å². The highest BCUT2D eigenvalue weighted by atomic mass is 35.5. The van der Waals surface area contributed by atoms with E-state index in [1.807, 2.05) is 6.07 Å². The first-order valence-corrected chi connectivity index (χ1v) is 13.4. The molecule has 0 aliphatic heterocycles. The van der Waals surface area contributed by atoms with Crippen LogP contribution in [0.1, 0.15) is 21.5 Å². The van der Waals surface area contributed by atoms with Gasteiger partial charge in [-0.05, 0) is 53.6 Å². The van der Waals surface area contributed by atoms with E-state index in [-0.39, 0.29) is 22.8 Å². The Morgan fingerprint density at radius 2 is 1.65 bits per heavy atom. The van der Waals surface area contributed by atoms with Gasteiger partial charge in [-0.15, -0.1) is 0 Å². The first kappa shape index (κ1) is 28.8. The number of alkyl halides is 3. The predicted octanol–water partition coefficient (Wildman–Crippen LogP) is 6.59. The molecule has 206 valence electrons. The third-order valence-corrected chi connectivity index (χ3v) is 7.88. The monoisotopic (exact) mass is 587 g/mol. The first-order chi connectivity index (χ1) is 18.9. The van der Waals surface area contributed by atoms with E-state index in [1.165, 1.54) is 31.4 Å². The standard InChI is InChI=1S/C28H21ClF3N3O4S/c1-3-25(36)20-8-11-23(12-9-20)40(37,38)35(27-24(29)14-22(16-34-27)28(30,31)32)17-18-4-6-19(7-5-18)21-10-13-26(39-2)33-15-21/h3-16H,1,17H2,2H3. The molecule has 12 heteroatoms. The van der Waals surface area contributed by atoms with Crippen molar-refractivity contribution in [3.63, 3.8) is 0 Å². The van der Waals surface area contributed by atoms with Crippen molar-refractivity contribution >= 4 is 33.2 Å². The summed E-state index contributed by atoms with van der Waals surface area (Å²) in [4.78, 5) is 19.6. The first-order valence-electron chi connectivity index (χ1n) is 11.6. The summed E-state index contributed by atoms with van der Waals surface area (Å²) in [5.74, 6) is -0.339. The maximum atomic E-state index is 13.8. The summed E-state index contributed by atoms with van der Waals surface area (Å²) in [6, 6.07) is 16.0. The van der Waals surface area contributed by atoms with E-state index in [0.29, 0.717) is 23.7 Å². The summed E-state index contributed by atoms with van der Waals surface area (Å²) in [7, 11) is -2.89. The number of rotatable bonds is 9. The van der Waals surface area contributed by atoms with E-state index in [0.717, 1.165) is 21.5 Å². The van der Waals surface area contributed by atoms with Crippen molar-refractivity contribution in [2.45, 2.75) is 17.6 Å². The molecule has 4 rings (SSSR count). The van der Waals surface area contributed by atoms with Gasteiger partial charge in [0.05, 0.1) is 29.1 Å². The number of aromatic nitrogens is 2. The number of carbonyl (C=O) groups excluding carboxylic acids is 1. The van der Waals surface area contributed by atoms with Crippen LogP contribution in [0, 0.1) is 0 Å². The average molecular weight is 588 g/mol. The zero-order valence-corrected chi connectivity index (χ0v) is 22.5. The molecule has 0 aliphatic rings. The third-order valence-electron chi connectivity index (χ3n) is 5.86. The van der Waals surface area contributed by atoms with Crippen molar-refractivity contribution in [1.29, 1.82) is 0 Å². The Hall–Kier alpha value is -4.22. The van der Waals surface area contributed by atoms with Crippen molar-refractivity contribution in [1.82, 2.24) is 9.97 Å². The SMILES string of the molecule is C=CC(=O)c1ccc(S(=O)(=O)N(Cc2ccc(-c3ccc(OC)nc3)cc2)c2ncc(C(F)(F)F)cc2Cl)cc1. The van der Waals surface area contributed by atoms with Crippen LogP contribution in [-0.4, -0.2) is 31.3 Å². The number of ether oxygens (including phenoxy) is 1. The lowest BCUT2D eigenvalue weighted by molar-refractivity contribution is -0.137. The second-order valence-corrected chi connectivity index (χ2v) is 10.7. The molecule has 4 aromatic rings. The Labute approximate surface area is 233 Å². The van der Waals surface area contributed by atoms with E-state index >= 15 is 0 Å². The van der Waals surface area contributed by atoms with Crippen molar-refractivity contribution in [2.24, 2.45) is 0 Å². The molecule has 0 fully saturated rings. The quantitative estimate of drug-likeness (QED) is 0.162. The smallest absolute Gasteiger partial charge is 0.417 e. The average Bonchev–Trinajstić information content (AvgIpc) is 2.95. The molecule has 7 nitrogen and oxygen atoms in total. The second kappa shape index (κ2) is 11.5. The maximum Gasteiger partial charge on any atom is 0.417 e. The summed E-state index contributed by atoms with van der Waals surface area (Å²) >= 11 is 6.16. The number of anilines is 1. The largest absolute Gasteiger partial charge is 0.481 e. The van der Waals surface area contributed by atoms with Gasteiger partial charge in [0.15, 0.2) is 11.6 Å². The van der Waals surface area contributed by atoms with Gasteiger partial charge >= 0.3 is 6.18 Å². The van der Waals surface area contributed by atoms with Crippen LogP contribution >= 0.6 is 11.6 Å². The van der Waals surface area contributed by atoms with Crippen LogP contribution in [0.2, 0.25) is 5.02 Å². The molecule has 2 aromatic heterocycles. The number of halogens is 4. The molecule has 0 unspecified atom stereocenters. The Bertz CT molecular complexity index is 1640. The summed E-state index contributed by atoms with van der Waals surface area (Å²) in [5, 5.41) is -0.502. The molecule has 0 aliphatic carbocycles. The topological polar surface area (TPSA) is 89.5 Å². The van der Waals surface area contributed by atoms with E-state index < -0.39 is 32.6 Å². The number of sulfonamides is 1. The molecular weight excluding hydrogens is 567 g/mol. The van der Waals surface area contributed by atoms with Crippen LogP contribution in [0.5, 0.6) is 5.88 Å². The second-order valence-electron chi connectivity index (χ2n) is 8.42. The minimum Gasteiger partial charge on any atom is -0.481 e. The molecule has 0 saturated heterocycles. The Balaban J connectivity index is 1.74. The van der Waals surface area contributed by atoms with E-state index in [4.69, 9.17) is 16.3 Å². The molecular formula is C28H21ClF3N3O4S. The van der Waals surface area contributed by atoms with E-state index in [9.17, 15) is 26.4 Å². The number of nitrogens with zero attached hydrogens (tertiary/aromatic N) is 3. The van der Waals surface area contributed by atoms with Crippen molar-refractivity contribution < 1.29 is 31.1 Å². The summed E-state index contributed by atoms with van der Waals surface area (Å²) in [6.45, 7) is 3.11. The molecule has 0 amide bonds. The number of methoxy groups -OCH3 is 1. The summed E-state index contributed by atoms with van der Waals surface area (Å²) < 4.78 is 73.1. The normalized spacial score (nSPS) is 11.6. The van der Waals surface area contributed by atoms with Crippen molar-refractivity contribution in [3.05, 3.63) is 113 Å². The number of ketones is 1. The fourth-order valence-corrected chi connectivity index (χ4v) is 5.46. The van der Waals surface area contributed by atoms with Crippen LogP contribution in [-0.2, 0) is 22.7 Å². The molecule has 0 radical (unpaired) electrons. The van der Waals surface area contributed by atoms with E-state index in [1.54, 1.807) is 36.5 Å². The minimum atomic E-state index is -4.72. The van der Waals surface area contributed by atoms with Crippen LogP contribution in [0.15, 0.2) is 96.7 Å². The highest BCUT2D eigenvalue weighted by molar-refractivity contribution is 7.92. The molecule has 0 bridgehead atoms. The molecule has 0 atom stereocenters. The van der Waals surface area contributed by atoms with Gasteiger partial charge in [0.1, 0.15) is 0 Å². The maximum absolute atomic E-state index is 13.8. The Morgan fingerprint density at radius 3 is 2.17 bits per heavy atom. The lowest BCUT2D eigenvalue weighted by Crippen LogP contribution is -2.31. The van der Waals surface area contributed by atoms with Gasteiger partial charge in [-0.1, -0.05) is 42.4 Å². The molecule has 0 spiro atoms. The lowest BCUT2D eigenvalue weighted by atomic mass is 10.1. The fourth-order valence-electron chi connectivity index (χ4n) is 3.72. The fraction of sp³-hybridized carbons (Fsp3) is 0.107. The Kier molecular flexibility index (Phi) is 8.26. The van der Waals surface area contributed by atoms with Crippen LogP contribution in [0.25, 0.3) is 11.1 Å². The minimum absolute atomic E-state index is 0.216. The van der Waals surface area contributed by atoms with Gasteiger partial charge in [0.25, 0.3) is 10.0 Å². The molecule has 40 heavy (non-hydrogen) atoms. The number of carbonyl (C=O) groups is 1. The van der Waals surface area contributed by atoms with Crippen LogP contribution in [0.3, 0.4) is 0 Å². The number of hydrogen-bond acceptors (Lipinski definition) is 6. The van der Waals surface area contributed by atoms with Gasteiger partial charge in [-0.3, -0.25) is 4.79 Å². The number of allylic oxidation sites excluding steroid dienone is 1. The van der Waals surface area contributed by atoms with Gasteiger partial charge in [0, 0.05) is 29.6 Å². The van der Waals surface area contributed by atoms with Gasteiger partial charge in [-0.2, -0.15) is 13.2 Å². The molecule has 0 N–H and O–H groups in total. The Morgan fingerprint density at radius 1 is 1.00 bits per heavy atom. The van der Waals surface area contributed by atoms with Crippen molar-refractivity contribution in [3.8, 4) is 17.0 Å². The zero-order valence-electron chi connectivity index (χ0n) is 20.9. The van der Waals surface area contributed by atoms with Gasteiger partial charge < -0.3 is 4.74 Å². The third kappa shape index (κ3) is 6.16. The molecule has 2 heterocycles.